The number of benzene rings is 1. The molecule has 1 aliphatic rings. The summed E-state index contributed by atoms with van der Waals surface area (Å²) in [6.45, 7) is 5.86. The lowest BCUT2D eigenvalue weighted by Gasteiger charge is -2.22. The third kappa shape index (κ3) is 3.25. The molecule has 0 spiro atoms. The summed E-state index contributed by atoms with van der Waals surface area (Å²) in [6.07, 6.45) is 6.67. The number of nitrogen functional groups attached to an aromatic ring is 1. The van der Waals surface area contributed by atoms with Crippen LogP contribution in [0.15, 0.2) is 30.9 Å². The highest BCUT2D eigenvalue weighted by atomic mass is 19.1. The second-order valence-corrected chi connectivity index (χ2v) is 7.24. The molecule has 1 aromatic carbocycles. The van der Waals surface area contributed by atoms with E-state index < -0.39 is 5.82 Å². The van der Waals surface area contributed by atoms with E-state index in [1.165, 1.54) is 6.20 Å². The molecule has 0 unspecified atom stereocenters. The van der Waals surface area contributed by atoms with Crippen molar-refractivity contribution in [1.82, 2.24) is 24.7 Å². The van der Waals surface area contributed by atoms with E-state index in [4.69, 9.17) is 10.5 Å². The van der Waals surface area contributed by atoms with Crippen LogP contribution in [-0.4, -0.2) is 37.9 Å². The topological polar surface area (TPSA) is 116 Å². The zero-order valence-electron chi connectivity index (χ0n) is 17.1. The van der Waals surface area contributed by atoms with Gasteiger partial charge in [0.15, 0.2) is 5.82 Å². The lowest BCUT2D eigenvalue weighted by Crippen LogP contribution is -2.20. The number of rotatable bonds is 4. The SMILES string of the molecule is CCn1cc(Nc2ncc3c(N)c(F)c(-c4cnc5c(c4C)NCCO5)cc3n2)cn1. The molecule has 0 atom stereocenters. The van der Waals surface area contributed by atoms with Crippen LogP contribution in [0.2, 0.25) is 0 Å². The molecule has 4 aromatic rings. The number of ether oxygens (including phenoxy) is 1. The van der Waals surface area contributed by atoms with Crippen LogP contribution < -0.4 is 21.1 Å². The summed E-state index contributed by atoms with van der Waals surface area (Å²) in [5.41, 5.74) is 9.95. The van der Waals surface area contributed by atoms with E-state index in [1.54, 1.807) is 23.1 Å². The quantitative estimate of drug-likeness (QED) is 0.430. The first-order valence-corrected chi connectivity index (χ1v) is 9.96. The molecule has 0 radical (unpaired) electrons. The molecule has 158 valence electrons. The Balaban J connectivity index is 1.60. The van der Waals surface area contributed by atoms with Crippen molar-refractivity contribution < 1.29 is 9.13 Å². The van der Waals surface area contributed by atoms with Crippen LogP contribution in [0.4, 0.5) is 27.4 Å². The minimum atomic E-state index is -0.525. The van der Waals surface area contributed by atoms with Gasteiger partial charge >= 0.3 is 0 Å². The van der Waals surface area contributed by atoms with Gasteiger partial charge in [-0.15, -0.1) is 0 Å². The Morgan fingerprint density at radius 2 is 2.13 bits per heavy atom. The van der Waals surface area contributed by atoms with Crippen molar-refractivity contribution in [2.75, 3.05) is 29.5 Å². The second-order valence-electron chi connectivity index (χ2n) is 7.24. The van der Waals surface area contributed by atoms with E-state index in [2.05, 4.69) is 30.7 Å². The van der Waals surface area contributed by atoms with Gasteiger partial charge < -0.3 is 21.1 Å². The average Bonchev–Trinajstić information content (AvgIpc) is 3.24. The Kier molecular flexibility index (Phi) is 4.54. The van der Waals surface area contributed by atoms with Gasteiger partial charge in [-0.25, -0.2) is 19.3 Å². The molecule has 1 aliphatic heterocycles. The van der Waals surface area contributed by atoms with Gasteiger partial charge in [0.25, 0.3) is 0 Å². The number of halogens is 1. The summed E-state index contributed by atoms with van der Waals surface area (Å²) in [4.78, 5) is 13.2. The van der Waals surface area contributed by atoms with E-state index in [9.17, 15) is 0 Å². The fraction of sp³-hybridized carbons (Fsp3) is 0.238. The average molecular weight is 420 g/mol. The largest absolute Gasteiger partial charge is 0.474 e. The van der Waals surface area contributed by atoms with Gasteiger partial charge in [-0.2, -0.15) is 5.10 Å². The Hall–Kier alpha value is -3.95. The Morgan fingerprint density at radius 1 is 1.26 bits per heavy atom. The lowest BCUT2D eigenvalue weighted by atomic mass is 9.98. The number of aryl methyl sites for hydroxylation is 1. The summed E-state index contributed by atoms with van der Waals surface area (Å²) in [5, 5.41) is 11.1. The minimum Gasteiger partial charge on any atom is -0.474 e. The highest BCUT2D eigenvalue weighted by Crippen LogP contribution is 2.39. The number of hydrogen-bond donors (Lipinski definition) is 3. The van der Waals surface area contributed by atoms with Gasteiger partial charge in [0.2, 0.25) is 11.8 Å². The monoisotopic (exact) mass is 420 g/mol. The minimum absolute atomic E-state index is 0.000757. The summed E-state index contributed by atoms with van der Waals surface area (Å²) in [6, 6.07) is 1.67. The van der Waals surface area contributed by atoms with Crippen molar-refractivity contribution in [2.24, 2.45) is 0 Å². The Bertz CT molecular complexity index is 1300. The molecule has 3 aromatic heterocycles. The summed E-state index contributed by atoms with van der Waals surface area (Å²) in [7, 11) is 0. The van der Waals surface area contributed by atoms with Crippen molar-refractivity contribution in [2.45, 2.75) is 20.4 Å². The van der Waals surface area contributed by atoms with Crippen LogP contribution in [0.5, 0.6) is 5.88 Å². The third-order valence-corrected chi connectivity index (χ3v) is 5.31. The molecular weight excluding hydrogens is 399 g/mol. The number of nitrogens with zero attached hydrogens (tertiary/aromatic N) is 5. The van der Waals surface area contributed by atoms with Crippen LogP contribution in [-0.2, 0) is 6.54 Å². The highest BCUT2D eigenvalue weighted by molar-refractivity contribution is 5.96. The summed E-state index contributed by atoms with van der Waals surface area (Å²) < 4.78 is 22.6. The molecule has 0 saturated carbocycles. The Labute approximate surface area is 177 Å². The van der Waals surface area contributed by atoms with Gasteiger partial charge in [-0.1, -0.05) is 0 Å². The van der Waals surface area contributed by atoms with Crippen LogP contribution in [0.25, 0.3) is 22.0 Å². The van der Waals surface area contributed by atoms with E-state index in [-0.39, 0.29) is 5.69 Å². The molecule has 9 nitrogen and oxygen atoms in total. The standard InChI is InChI=1S/C21H21FN8O/c1-3-30-10-12(7-27-30)28-21-26-9-15-16(29-21)6-13(17(22)18(15)23)14-8-25-20-19(11(14)2)24-4-5-31-20/h6-10,24H,3-5,23H2,1-2H3,(H,26,28,29). The van der Waals surface area contributed by atoms with Crippen LogP contribution in [0, 0.1) is 12.7 Å². The van der Waals surface area contributed by atoms with Crippen molar-refractivity contribution in [3.05, 3.63) is 42.2 Å². The first kappa shape index (κ1) is 19.0. The molecule has 0 fully saturated rings. The molecule has 4 N–H and O–H groups in total. The Morgan fingerprint density at radius 3 is 2.94 bits per heavy atom. The lowest BCUT2D eigenvalue weighted by molar-refractivity contribution is 0.310. The maximum Gasteiger partial charge on any atom is 0.237 e. The van der Waals surface area contributed by atoms with E-state index in [1.807, 2.05) is 20.0 Å². The van der Waals surface area contributed by atoms with Crippen molar-refractivity contribution in [1.29, 1.82) is 0 Å². The predicted molar refractivity (Wildman–Crippen MR) is 117 cm³/mol. The maximum absolute atomic E-state index is 15.2. The smallest absolute Gasteiger partial charge is 0.237 e. The normalized spacial score (nSPS) is 12.9. The molecule has 31 heavy (non-hydrogen) atoms. The van der Waals surface area contributed by atoms with Crippen LogP contribution in [0.3, 0.4) is 0 Å². The highest BCUT2D eigenvalue weighted by Gasteiger charge is 2.21. The van der Waals surface area contributed by atoms with Crippen LogP contribution >= 0.6 is 0 Å². The van der Waals surface area contributed by atoms with Crippen molar-refractivity contribution >= 4 is 33.9 Å². The van der Waals surface area contributed by atoms with E-state index in [0.717, 1.165) is 23.5 Å². The first-order chi connectivity index (χ1) is 15.0. The molecule has 4 heterocycles. The van der Waals surface area contributed by atoms with Gasteiger partial charge in [0.05, 0.1) is 23.1 Å². The number of fused-ring (bicyclic) bond motifs is 2. The van der Waals surface area contributed by atoms with Gasteiger partial charge in [-0.05, 0) is 25.5 Å². The molecule has 0 amide bonds. The second kappa shape index (κ2) is 7.38. The number of aromatic nitrogens is 5. The number of nitrogens with one attached hydrogen (secondary N) is 2. The molecule has 0 bridgehead atoms. The first-order valence-electron chi connectivity index (χ1n) is 9.96. The third-order valence-electron chi connectivity index (χ3n) is 5.31. The van der Waals surface area contributed by atoms with Crippen molar-refractivity contribution in [3.63, 3.8) is 0 Å². The zero-order valence-corrected chi connectivity index (χ0v) is 17.1. The fourth-order valence-corrected chi connectivity index (χ4v) is 3.65. The molecule has 0 aliphatic carbocycles. The van der Waals surface area contributed by atoms with Gasteiger partial charge in [0.1, 0.15) is 12.3 Å². The van der Waals surface area contributed by atoms with Crippen LogP contribution in [0.1, 0.15) is 12.5 Å². The van der Waals surface area contributed by atoms with Gasteiger partial charge in [0, 0.05) is 48.2 Å². The molecule has 0 saturated heterocycles. The van der Waals surface area contributed by atoms with Crippen molar-refractivity contribution in [3.8, 4) is 17.0 Å². The number of nitrogens with two attached hydrogens (primary N) is 1. The molecule has 5 rings (SSSR count). The van der Waals surface area contributed by atoms with Gasteiger partial charge in [-0.3, -0.25) is 4.68 Å². The molecular formula is C21H21FN8O. The number of pyridine rings is 1. The van der Waals surface area contributed by atoms with E-state index in [0.29, 0.717) is 47.0 Å². The number of hydrogen-bond acceptors (Lipinski definition) is 8. The number of anilines is 4. The summed E-state index contributed by atoms with van der Waals surface area (Å²) in [5.74, 6) is 0.362. The molecule has 10 heteroatoms. The maximum atomic E-state index is 15.2. The fourth-order valence-electron chi connectivity index (χ4n) is 3.65. The van der Waals surface area contributed by atoms with E-state index >= 15 is 4.39 Å². The predicted octanol–water partition coefficient (Wildman–Crippen LogP) is 3.49. The summed E-state index contributed by atoms with van der Waals surface area (Å²) >= 11 is 0. The zero-order chi connectivity index (χ0) is 21.5.